The monoisotopic (exact) mass is 463 g/mol. The average molecular weight is 464 g/mol. The molecule has 0 radical (unpaired) electrons. The smallest absolute Gasteiger partial charge is 0.410 e. The zero-order chi connectivity index (χ0) is 23.6. The summed E-state index contributed by atoms with van der Waals surface area (Å²) in [6.07, 6.45) is 1.20. The number of halogens is 1. The van der Waals surface area contributed by atoms with Gasteiger partial charge in [-0.15, -0.1) is 0 Å². The molecule has 178 valence electrons. The van der Waals surface area contributed by atoms with Gasteiger partial charge in [-0.1, -0.05) is 44.5 Å². The summed E-state index contributed by atoms with van der Waals surface area (Å²) in [6, 6.07) is 7.65. The van der Waals surface area contributed by atoms with Gasteiger partial charge in [0.2, 0.25) is 5.91 Å². The highest BCUT2D eigenvalue weighted by molar-refractivity contribution is 6.30. The van der Waals surface area contributed by atoms with E-state index in [-0.39, 0.29) is 30.1 Å². The van der Waals surface area contributed by atoms with Crippen LogP contribution in [0.15, 0.2) is 24.3 Å². The Bertz CT molecular complexity index is 806. The van der Waals surface area contributed by atoms with Gasteiger partial charge in [0.1, 0.15) is 5.60 Å². The van der Waals surface area contributed by atoms with Crippen LogP contribution in [0.5, 0.6) is 0 Å². The van der Waals surface area contributed by atoms with E-state index in [1.54, 1.807) is 0 Å². The predicted octanol–water partition coefficient (Wildman–Crippen LogP) is 4.45. The van der Waals surface area contributed by atoms with Crippen molar-refractivity contribution >= 4 is 23.6 Å². The molecule has 2 saturated heterocycles. The van der Waals surface area contributed by atoms with Crippen molar-refractivity contribution in [2.75, 3.05) is 26.2 Å². The highest BCUT2D eigenvalue weighted by atomic mass is 35.5. The summed E-state index contributed by atoms with van der Waals surface area (Å²) in [5.41, 5.74) is 0.566. The van der Waals surface area contributed by atoms with Crippen LogP contribution < -0.4 is 0 Å². The number of carbonyl (C=O) groups excluding carboxylic acids is 2. The van der Waals surface area contributed by atoms with Gasteiger partial charge in [-0.25, -0.2) is 4.79 Å². The molecule has 32 heavy (non-hydrogen) atoms. The second-order valence-electron chi connectivity index (χ2n) is 10.5. The Balaban J connectivity index is 1.86. The minimum Gasteiger partial charge on any atom is -0.444 e. The average Bonchev–Trinajstić information content (AvgIpc) is 2.70. The van der Waals surface area contributed by atoms with Crippen molar-refractivity contribution in [1.29, 1.82) is 0 Å². The Morgan fingerprint density at radius 1 is 1.16 bits per heavy atom. The number of rotatable bonds is 5. The normalized spacial score (nSPS) is 24.6. The van der Waals surface area contributed by atoms with Gasteiger partial charge in [-0.2, -0.15) is 0 Å². The number of fused-ring (bicyclic) bond motifs is 1. The summed E-state index contributed by atoms with van der Waals surface area (Å²) in [5.74, 6) is 0.570. The van der Waals surface area contributed by atoms with E-state index in [9.17, 15) is 9.59 Å². The van der Waals surface area contributed by atoms with Gasteiger partial charge in [0.15, 0.2) is 0 Å². The quantitative estimate of drug-likeness (QED) is 0.647. The Labute approximate surface area is 197 Å². The standard InChI is InChI=1S/C25H38ClN3O3/c1-7-20-15-28-21(16-29(20)24(31)32-25(4,5)6)14-27(13-17(2)3)23(30)22(28)12-18-8-10-19(26)11-9-18/h8-11,17,20-22H,7,12-16H2,1-6H3/t20-,21-,22-/m1/s1. The zero-order valence-electron chi connectivity index (χ0n) is 20.3. The first kappa shape index (κ1) is 24.8. The molecule has 6 nitrogen and oxygen atoms in total. The zero-order valence-corrected chi connectivity index (χ0v) is 21.1. The van der Waals surface area contributed by atoms with Crippen molar-refractivity contribution in [3.63, 3.8) is 0 Å². The second kappa shape index (κ2) is 10.0. The second-order valence-corrected chi connectivity index (χ2v) is 11.0. The van der Waals surface area contributed by atoms with Crippen LogP contribution in [-0.4, -0.2) is 76.6 Å². The molecule has 1 aromatic carbocycles. The molecule has 0 aromatic heterocycles. The lowest BCUT2D eigenvalue weighted by atomic mass is 9.93. The van der Waals surface area contributed by atoms with Crippen LogP contribution in [0.25, 0.3) is 0 Å². The molecule has 0 aliphatic carbocycles. The fraction of sp³-hybridized carbons (Fsp3) is 0.680. The summed E-state index contributed by atoms with van der Waals surface area (Å²) in [6.45, 7) is 14.7. The maximum Gasteiger partial charge on any atom is 0.410 e. The maximum absolute atomic E-state index is 13.5. The van der Waals surface area contributed by atoms with Crippen LogP contribution in [0.3, 0.4) is 0 Å². The largest absolute Gasteiger partial charge is 0.444 e. The van der Waals surface area contributed by atoms with Gasteiger partial charge in [-0.3, -0.25) is 9.69 Å². The Morgan fingerprint density at radius 3 is 2.38 bits per heavy atom. The van der Waals surface area contributed by atoms with Gasteiger partial charge in [0, 0.05) is 43.3 Å². The molecular weight excluding hydrogens is 426 g/mol. The van der Waals surface area contributed by atoms with E-state index in [0.29, 0.717) is 37.0 Å². The molecular formula is C25H38ClN3O3. The summed E-state index contributed by atoms with van der Waals surface area (Å²) >= 11 is 6.07. The number of piperazine rings is 2. The number of carbonyl (C=O) groups is 2. The van der Waals surface area contributed by atoms with E-state index in [1.807, 2.05) is 54.8 Å². The molecule has 3 rings (SSSR count). The Kier molecular flexibility index (Phi) is 7.77. The summed E-state index contributed by atoms with van der Waals surface area (Å²) in [4.78, 5) is 32.7. The summed E-state index contributed by atoms with van der Waals surface area (Å²) < 4.78 is 5.71. The lowest BCUT2D eigenvalue weighted by molar-refractivity contribution is -0.150. The first-order valence-corrected chi connectivity index (χ1v) is 12.1. The highest BCUT2D eigenvalue weighted by Crippen LogP contribution is 2.29. The molecule has 0 saturated carbocycles. The van der Waals surface area contributed by atoms with E-state index in [4.69, 9.17) is 16.3 Å². The number of hydrogen-bond acceptors (Lipinski definition) is 4. The van der Waals surface area contributed by atoms with Crippen molar-refractivity contribution in [3.05, 3.63) is 34.9 Å². The van der Waals surface area contributed by atoms with Crippen molar-refractivity contribution in [2.24, 2.45) is 5.92 Å². The third-order valence-corrected chi connectivity index (χ3v) is 6.45. The number of amides is 2. The van der Waals surface area contributed by atoms with Crippen molar-refractivity contribution in [3.8, 4) is 0 Å². The van der Waals surface area contributed by atoms with Gasteiger partial charge < -0.3 is 14.5 Å². The molecule has 2 amide bonds. The first-order valence-electron chi connectivity index (χ1n) is 11.8. The summed E-state index contributed by atoms with van der Waals surface area (Å²) in [7, 11) is 0. The van der Waals surface area contributed by atoms with E-state index < -0.39 is 5.60 Å². The SMILES string of the molecule is CC[C@@H]1CN2[C@H](CN(CC(C)C)C(=O)[C@H]2Cc2ccc(Cl)cc2)CN1C(=O)OC(C)(C)C. The summed E-state index contributed by atoms with van der Waals surface area (Å²) in [5, 5.41) is 0.694. The molecule has 1 aromatic rings. The number of benzene rings is 1. The molecule has 2 aliphatic rings. The topological polar surface area (TPSA) is 53.1 Å². The predicted molar refractivity (Wildman–Crippen MR) is 128 cm³/mol. The van der Waals surface area contributed by atoms with Crippen LogP contribution in [0.4, 0.5) is 4.79 Å². The van der Waals surface area contributed by atoms with Crippen LogP contribution in [0.1, 0.15) is 53.5 Å². The van der Waals surface area contributed by atoms with Gasteiger partial charge in [0.05, 0.1) is 6.04 Å². The number of nitrogens with zero attached hydrogens (tertiary/aromatic N) is 3. The van der Waals surface area contributed by atoms with E-state index in [2.05, 4.69) is 25.7 Å². The first-order chi connectivity index (χ1) is 15.0. The van der Waals surface area contributed by atoms with Crippen molar-refractivity contribution < 1.29 is 14.3 Å². The van der Waals surface area contributed by atoms with E-state index in [0.717, 1.165) is 18.5 Å². The fourth-order valence-corrected chi connectivity index (χ4v) is 4.89. The molecule has 2 aliphatic heterocycles. The highest BCUT2D eigenvalue weighted by Gasteiger charge is 2.47. The van der Waals surface area contributed by atoms with Crippen molar-refractivity contribution in [2.45, 2.75) is 78.1 Å². The molecule has 2 fully saturated rings. The number of ether oxygens (including phenoxy) is 1. The molecule has 0 bridgehead atoms. The number of hydrogen-bond donors (Lipinski definition) is 0. The lowest BCUT2D eigenvalue weighted by Gasteiger charge is -2.53. The molecule has 3 atom stereocenters. The Morgan fingerprint density at radius 2 is 1.81 bits per heavy atom. The van der Waals surface area contributed by atoms with Crippen LogP contribution in [0, 0.1) is 5.92 Å². The van der Waals surface area contributed by atoms with E-state index in [1.165, 1.54) is 0 Å². The third-order valence-electron chi connectivity index (χ3n) is 6.19. The Hall–Kier alpha value is -1.79. The van der Waals surface area contributed by atoms with Gasteiger partial charge in [0.25, 0.3) is 0 Å². The molecule has 0 spiro atoms. The molecule has 0 N–H and O–H groups in total. The minimum atomic E-state index is -0.532. The van der Waals surface area contributed by atoms with Crippen LogP contribution in [0.2, 0.25) is 5.02 Å². The molecule has 7 heteroatoms. The molecule has 2 heterocycles. The van der Waals surface area contributed by atoms with Crippen molar-refractivity contribution in [1.82, 2.24) is 14.7 Å². The molecule has 0 unspecified atom stereocenters. The van der Waals surface area contributed by atoms with Crippen LogP contribution >= 0.6 is 11.6 Å². The van der Waals surface area contributed by atoms with Gasteiger partial charge >= 0.3 is 6.09 Å². The fourth-order valence-electron chi connectivity index (χ4n) is 4.76. The van der Waals surface area contributed by atoms with E-state index >= 15 is 0 Å². The maximum atomic E-state index is 13.5. The van der Waals surface area contributed by atoms with Crippen LogP contribution in [-0.2, 0) is 16.0 Å². The third kappa shape index (κ3) is 5.96. The van der Waals surface area contributed by atoms with Gasteiger partial charge in [-0.05, 0) is 57.2 Å². The minimum absolute atomic E-state index is 0.0262. The lowest BCUT2D eigenvalue weighted by Crippen LogP contribution is -2.71.